The summed E-state index contributed by atoms with van der Waals surface area (Å²) < 4.78 is 0. The van der Waals surface area contributed by atoms with Gasteiger partial charge in [0.2, 0.25) is 17.7 Å². The van der Waals surface area contributed by atoms with Gasteiger partial charge in [-0.05, 0) is 60.6 Å². The number of carbonyl (C=O) groups excluding carboxylic acids is 3. The molecule has 41 heavy (non-hydrogen) atoms. The van der Waals surface area contributed by atoms with Gasteiger partial charge in [0.05, 0.1) is 0 Å². The summed E-state index contributed by atoms with van der Waals surface area (Å²) in [6.07, 6.45) is 7.80. The van der Waals surface area contributed by atoms with E-state index < -0.39 is 12.1 Å². The van der Waals surface area contributed by atoms with Crippen molar-refractivity contribution in [2.24, 2.45) is 5.73 Å². The number of amides is 3. The fraction of sp³-hybridized carbons (Fsp3) is 0.382. The Kier molecular flexibility index (Phi) is 8.54. The minimum absolute atomic E-state index is 0.173. The van der Waals surface area contributed by atoms with Gasteiger partial charge in [-0.15, -0.1) is 0 Å². The van der Waals surface area contributed by atoms with Gasteiger partial charge in [0, 0.05) is 38.0 Å². The van der Waals surface area contributed by atoms with E-state index in [2.05, 4.69) is 17.4 Å². The molecule has 1 heterocycles. The fourth-order valence-electron chi connectivity index (χ4n) is 5.90. The largest absolute Gasteiger partial charge is 0.350 e. The second-order valence-electron chi connectivity index (χ2n) is 11.8. The standard InChI is InChI=1S/C34H40N4O3/c1-24-23-38(29(32(40)36-24)21-25-10-4-3-5-11-25)33(41)30(22-26-15-16-27-12-6-7-13-28(27)20-26)37(2)31(39)14-8-17-34(35)18-9-19-34/h3-8,10-16,20,24,29-30H,9,17-19,21-23,35H2,1-2H3,(H,36,40)/b14-8+/t24-,29-,30-/m1/s1. The van der Waals surface area contributed by atoms with Crippen molar-refractivity contribution in [1.29, 1.82) is 0 Å². The third kappa shape index (κ3) is 6.68. The number of hydrogen-bond donors (Lipinski definition) is 2. The molecule has 3 amide bonds. The monoisotopic (exact) mass is 552 g/mol. The third-order valence-electron chi connectivity index (χ3n) is 8.57. The van der Waals surface area contributed by atoms with Crippen LogP contribution in [-0.4, -0.2) is 64.8 Å². The molecule has 0 unspecified atom stereocenters. The maximum atomic E-state index is 14.4. The normalized spacial score (nSPS) is 20.9. The zero-order valence-electron chi connectivity index (χ0n) is 24.0. The predicted octanol–water partition coefficient (Wildman–Crippen LogP) is 4.00. The fourth-order valence-corrected chi connectivity index (χ4v) is 5.90. The molecule has 2 fully saturated rings. The van der Waals surface area contributed by atoms with Crippen LogP contribution in [0.4, 0.5) is 0 Å². The number of piperazine rings is 1. The third-order valence-corrected chi connectivity index (χ3v) is 8.57. The van der Waals surface area contributed by atoms with Crippen LogP contribution >= 0.6 is 0 Å². The number of nitrogens with two attached hydrogens (primary N) is 1. The van der Waals surface area contributed by atoms with Gasteiger partial charge in [-0.3, -0.25) is 14.4 Å². The molecule has 7 nitrogen and oxygen atoms in total. The average molecular weight is 553 g/mol. The minimum atomic E-state index is -0.778. The van der Waals surface area contributed by atoms with E-state index in [1.54, 1.807) is 18.0 Å². The maximum Gasteiger partial charge on any atom is 0.246 e. The topological polar surface area (TPSA) is 95.7 Å². The highest BCUT2D eigenvalue weighted by Gasteiger charge is 2.40. The lowest BCUT2D eigenvalue weighted by Crippen LogP contribution is -2.64. The summed E-state index contributed by atoms with van der Waals surface area (Å²) in [7, 11) is 1.68. The first-order chi connectivity index (χ1) is 19.7. The Morgan fingerprint density at radius 2 is 1.76 bits per heavy atom. The van der Waals surface area contributed by atoms with Gasteiger partial charge in [0.1, 0.15) is 12.1 Å². The summed E-state index contributed by atoms with van der Waals surface area (Å²) in [5.74, 6) is -0.645. The first kappa shape index (κ1) is 28.6. The van der Waals surface area contributed by atoms with Crippen LogP contribution < -0.4 is 11.1 Å². The number of hydrogen-bond acceptors (Lipinski definition) is 4. The van der Waals surface area contributed by atoms with E-state index in [0.717, 1.165) is 41.2 Å². The number of benzene rings is 3. The molecule has 3 atom stereocenters. The van der Waals surface area contributed by atoms with Crippen molar-refractivity contribution in [3.63, 3.8) is 0 Å². The van der Waals surface area contributed by atoms with Gasteiger partial charge < -0.3 is 20.9 Å². The van der Waals surface area contributed by atoms with E-state index in [9.17, 15) is 14.4 Å². The van der Waals surface area contributed by atoms with Gasteiger partial charge in [-0.1, -0.05) is 78.9 Å². The van der Waals surface area contributed by atoms with Crippen LogP contribution in [0, 0.1) is 0 Å². The van der Waals surface area contributed by atoms with Crippen molar-refractivity contribution in [3.05, 3.63) is 96.1 Å². The first-order valence-electron chi connectivity index (χ1n) is 14.6. The van der Waals surface area contributed by atoms with Crippen molar-refractivity contribution < 1.29 is 14.4 Å². The predicted molar refractivity (Wildman–Crippen MR) is 162 cm³/mol. The molecular weight excluding hydrogens is 512 g/mol. The number of rotatable bonds is 9. The van der Waals surface area contributed by atoms with E-state index in [1.807, 2.05) is 73.7 Å². The van der Waals surface area contributed by atoms with E-state index in [0.29, 0.717) is 25.8 Å². The van der Waals surface area contributed by atoms with Crippen molar-refractivity contribution in [1.82, 2.24) is 15.1 Å². The number of fused-ring (bicyclic) bond motifs is 1. The van der Waals surface area contributed by atoms with E-state index >= 15 is 0 Å². The molecule has 214 valence electrons. The summed E-state index contributed by atoms with van der Waals surface area (Å²) >= 11 is 0. The summed E-state index contributed by atoms with van der Waals surface area (Å²) in [4.78, 5) is 44.2. The molecule has 3 aromatic rings. The molecular formula is C34H40N4O3. The molecule has 1 saturated carbocycles. The van der Waals surface area contributed by atoms with E-state index in [-0.39, 0.29) is 29.3 Å². The van der Waals surface area contributed by atoms with Crippen LogP contribution in [-0.2, 0) is 27.2 Å². The van der Waals surface area contributed by atoms with Gasteiger partial charge >= 0.3 is 0 Å². The van der Waals surface area contributed by atoms with Crippen LogP contribution in [0.25, 0.3) is 10.8 Å². The van der Waals surface area contributed by atoms with Gasteiger partial charge in [0.15, 0.2) is 0 Å². The van der Waals surface area contributed by atoms with E-state index in [1.165, 1.54) is 4.90 Å². The number of likely N-dealkylation sites (N-methyl/N-ethyl adjacent to an activating group) is 1. The Morgan fingerprint density at radius 1 is 1.05 bits per heavy atom. The quantitative estimate of drug-likeness (QED) is 0.393. The van der Waals surface area contributed by atoms with Crippen molar-refractivity contribution in [2.75, 3.05) is 13.6 Å². The zero-order valence-corrected chi connectivity index (χ0v) is 24.0. The lowest BCUT2D eigenvalue weighted by Gasteiger charge is -2.41. The highest BCUT2D eigenvalue weighted by Crippen LogP contribution is 2.32. The molecule has 1 aliphatic heterocycles. The molecule has 2 aliphatic rings. The zero-order chi connectivity index (χ0) is 29.0. The van der Waals surface area contributed by atoms with Crippen LogP contribution in [0.3, 0.4) is 0 Å². The maximum absolute atomic E-state index is 14.4. The summed E-state index contributed by atoms with van der Waals surface area (Å²) in [6.45, 7) is 2.28. The molecule has 3 aromatic carbocycles. The molecule has 1 saturated heterocycles. The highest BCUT2D eigenvalue weighted by atomic mass is 16.2. The molecule has 1 aliphatic carbocycles. The van der Waals surface area contributed by atoms with Crippen LogP contribution in [0.2, 0.25) is 0 Å². The summed E-state index contributed by atoms with van der Waals surface area (Å²) in [6, 6.07) is 22.3. The van der Waals surface area contributed by atoms with Crippen LogP contribution in [0.5, 0.6) is 0 Å². The van der Waals surface area contributed by atoms with Gasteiger partial charge in [-0.2, -0.15) is 0 Å². The number of nitrogens with one attached hydrogen (secondary N) is 1. The molecule has 0 spiro atoms. The lowest BCUT2D eigenvalue weighted by atomic mass is 9.75. The Balaban J connectivity index is 1.43. The Bertz CT molecular complexity index is 1430. The first-order valence-corrected chi connectivity index (χ1v) is 14.6. The van der Waals surface area contributed by atoms with Gasteiger partial charge in [-0.25, -0.2) is 0 Å². The number of carbonyl (C=O) groups is 3. The van der Waals surface area contributed by atoms with Crippen molar-refractivity contribution in [3.8, 4) is 0 Å². The molecule has 7 heteroatoms. The molecule has 0 bridgehead atoms. The Hall–Kier alpha value is -3.97. The second kappa shape index (κ2) is 12.3. The Morgan fingerprint density at radius 3 is 2.46 bits per heavy atom. The smallest absolute Gasteiger partial charge is 0.246 e. The lowest BCUT2D eigenvalue weighted by molar-refractivity contribution is -0.150. The van der Waals surface area contributed by atoms with Crippen LogP contribution in [0.1, 0.15) is 43.7 Å². The minimum Gasteiger partial charge on any atom is -0.350 e. The average Bonchev–Trinajstić information content (AvgIpc) is 2.96. The van der Waals surface area contributed by atoms with Gasteiger partial charge in [0.25, 0.3) is 0 Å². The van der Waals surface area contributed by atoms with Crippen LogP contribution in [0.15, 0.2) is 84.9 Å². The van der Waals surface area contributed by atoms with Crippen molar-refractivity contribution in [2.45, 2.75) is 69.1 Å². The summed E-state index contributed by atoms with van der Waals surface area (Å²) in [5, 5.41) is 5.20. The molecule has 0 aromatic heterocycles. The SMILES string of the molecule is C[C@@H]1CN(C(=O)[C@@H](Cc2ccc3ccccc3c2)N(C)C(=O)/C=C/CC2(N)CCC2)[C@H](Cc2ccccc2)C(=O)N1. The number of nitrogens with zero attached hydrogens (tertiary/aromatic N) is 2. The van der Waals surface area contributed by atoms with E-state index in [4.69, 9.17) is 5.73 Å². The highest BCUT2D eigenvalue weighted by molar-refractivity contribution is 5.96. The molecule has 0 radical (unpaired) electrons. The summed E-state index contributed by atoms with van der Waals surface area (Å²) in [5.41, 5.74) is 8.05. The van der Waals surface area contributed by atoms with Crippen molar-refractivity contribution >= 4 is 28.5 Å². The molecule has 5 rings (SSSR count). The second-order valence-corrected chi connectivity index (χ2v) is 11.8. The molecule has 3 N–H and O–H groups in total. The Labute approximate surface area is 242 Å².